The first-order chi connectivity index (χ1) is 13.9. The van der Waals surface area contributed by atoms with E-state index in [9.17, 15) is 9.59 Å². The minimum absolute atomic E-state index is 0.0174. The quantitative estimate of drug-likeness (QED) is 0.486. The Morgan fingerprint density at radius 2 is 1.76 bits per heavy atom. The van der Waals surface area contributed by atoms with Crippen LogP contribution in [-0.4, -0.2) is 18.5 Å². The van der Waals surface area contributed by atoms with Crippen molar-refractivity contribution in [3.63, 3.8) is 0 Å². The van der Waals surface area contributed by atoms with Gasteiger partial charge in [0, 0.05) is 6.08 Å². The van der Waals surface area contributed by atoms with E-state index in [1.54, 1.807) is 13.0 Å². The molecular weight excluding hydrogens is 364 g/mol. The molecule has 0 heterocycles. The fraction of sp³-hybridized carbons (Fsp3) is 0.360. The highest BCUT2D eigenvalue weighted by Gasteiger charge is 2.61. The molecule has 3 rings (SSSR count). The van der Waals surface area contributed by atoms with E-state index in [4.69, 9.17) is 9.47 Å². The van der Waals surface area contributed by atoms with E-state index in [-0.39, 0.29) is 35.8 Å². The number of allylic oxidation sites excluding steroid dienone is 1. The normalized spacial score (nSPS) is 19.7. The van der Waals surface area contributed by atoms with Gasteiger partial charge in [-0.25, -0.2) is 4.79 Å². The molecule has 1 saturated carbocycles. The SMILES string of the molecule is CCOC(=O)C=CC1C(C(=O)OCc2cccc(-c3ccccc3)c2C)C1(C)C. The summed E-state index contributed by atoms with van der Waals surface area (Å²) in [5.41, 5.74) is 4.17. The van der Waals surface area contributed by atoms with Crippen LogP contribution in [-0.2, 0) is 25.7 Å². The molecule has 1 aliphatic carbocycles. The van der Waals surface area contributed by atoms with Crippen molar-refractivity contribution in [2.24, 2.45) is 17.3 Å². The maximum Gasteiger partial charge on any atom is 0.330 e. The minimum Gasteiger partial charge on any atom is -0.463 e. The maximum absolute atomic E-state index is 12.7. The van der Waals surface area contributed by atoms with Crippen LogP contribution < -0.4 is 0 Å². The first kappa shape index (κ1) is 20.8. The van der Waals surface area contributed by atoms with Gasteiger partial charge in [-0.05, 0) is 47.4 Å². The Labute approximate surface area is 172 Å². The summed E-state index contributed by atoms with van der Waals surface area (Å²) in [7, 11) is 0. The largest absolute Gasteiger partial charge is 0.463 e. The summed E-state index contributed by atoms with van der Waals surface area (Å²) in [4.78, 5) is 24.2. The van der Waals surface area contributed by atoms with Crippen molar-refractivity contribution >= 4 is 11.9 Å². The first-order valence-corrected chi connectivity index (χ1v) is 10.0. The van der Waals surface area contributed by atoms with Crippen LogP contribution in [0.2, 0.25) is 0 Å². The summed E-state index contributed by atoms with van der Waals surface area (Å²) in [5, 5.41) is 0. The Hall–Kier alpha value is -2.88. The lowest BCUT2D eigenvalue weighted by atomic mass is 9.97. The molecule has 0 spiro atoms. The number of hydrogen-bond donors (Lipinski definition) is 0. The number of hydrogen-bond acceptors (Lipinski definition) is 4. The van der Waals surface area contributed by atoms with Crippen molar-refractivity contribution in [3.8, 4) is 11.1 Å². The molecule has 0 radical (unpaired) electrons. The molecule has 2 unspecified atom stereocenters. The van der Waals surface area contributed by atoms with Gasteiger partial charge in [-0.2, -0.15) is 0 Å². The number of carbonyl (C=O) groups is 2. The van der Waals surface area contributed by atoms with Crippen LogP contribution in [0.3, 0.4) is 0 Å². The average Bonchev–Trinajstić information content (AvgIpc) is 3.26. The third-order valence-electron chi connectivity index (χ3n) is 5.79. The lowest BCUT2D eigenvalue weighted by Gasteiger charge is -2.12. The van der Waals surface area contributed by atoms with Crippen LogP contribution in [0, 0.1) is 24.2 Å². The average molecular weight is 392 g/mol. The third kappa shape index (κ3) is 4.58. The molecule has 1 fully saturated rings. The number of rotatable bonds is 7. The van der Waals surface area contributed by atoms with Crippen LogP contribution in [0.15, 0.2) is 60.7 Å². The fourth-order valence-electron chi connectivity index (χ4n) is 3.87. The van der Waals surface area contributed by atoms with E-state index in [2.05, 4.69) is 25.1 Å². The van der Waals surface area contributed by atoms with Gasteiger partial charge in [0.1, 0.15) is 6.61 Å². The summed E-state index contributed by atoms with van der Waals surface area (Å²) in [5.74, 6) is -0.865. The molecule has 0 aromatic heterocycles. The molecule has 2 atom stereocenters. The monoisotopic (exact) mass is 392 g/mol. The summed E-state index contributed by atoms with van der Waals surface area (Å²) < 4.78 is 10.6. The molecule has 152 valence electrons. The van der Waals surface area contributed by atoms with Gasteiger partial charge in [0.25, 0.3) is 0 Å². The number of benzene rings is 2. The van der Waals surface area contributed by atoms with Crippen LogP contribution >= 0.6 is 0 Å². The predicted molar refractivity (Wildman–Crippen MR) is 113 cm³/mol. The minimum atomic E-state index is -0.379. The standard InChI is InChI=1S/C25H28O4/c1-5-28-22(26)15-14-21-23(25(21,3)4)24(27)29-16-19-12-9-13-20(17(19)2)18-10-7-6-8-11-18/h6-15,21,23H,5,16H2,1-4H3. The van der Waals surface area contributed by atoms with Gasteiger partial charge in [0.2, 0.25) is 0 Å². The fourth-order valence-corrected chi connectivity index (χ4v) is 3.87. The van der Waals surface area contributed by atoms with Crippen molar-refractivity contribution < 1.29 is 19.1 Å². The predicted octanol–water partition coefficient (Wildman–Crippen LogP) is 5.10. The Kier molecular flexibility index (Phi) is 6.21. The van der Waals surface area contributed by atoms with E-state index in [0.717, 1.165) is 22.3 Å². The molecule has 4 nitrogen and oxygen atoms in total. The van der Waals surface area contributed by atoms with Crippen molar-refractivity contribution in [1.82, 2.24) is 0 Å². The molecule has 0 amide bonds. The number of carbonyl (C=O) groups excluding carboxylic acids is 2. The molecule has 0 N–H and O–H groups in total. The zero-order valence-electron chi connectivity index (χ0n) is 17.5. The van der Waals surface area contributed by atoms with Gasteiger partial charge < -0.3 is 9.47 Å². The highest BCUT2D eigenvalue weighted by molar-refractivity contribution is 5.83. The van der Waals surface area contributed by atoms with E-state index >= 15 is 0 Å². The zero-order valence-corrected chi connectivity index (χ0v) is 17.5. The second kappa shape index (κ2) is 8.64. The topological polar surface area (TPSA) is 52.6 Å². The number of esters is 2. The molecular formula is C25H28O4. The lowest BCUT2D eigenvalue weighted by Crippen LogP contribution is -2.11. The van der Waals surface area contributed by atoms with Crippen molar-refractivity contribution in [2.75, 3.05) is 6.61 Å². The van der Waals surface area contributed by atoms with Gasteiger partial charge in [-0.15, -0.1) is 0 Å². The van der Waals surface area contributed by atoms with Crippen LogP contribution in [0.1, 0.15) is 31.9 Å². The van der Waals surface area contributed by atoms with Gasteiger partial charge in [0.05, 0.1) is 12.5 Å². The van der Waals surface area contributed by atoms with E-state index in [0.29, 0.717) is 6.61 Å². The highest BCUT2D eigenvalue weighted by atomic mass is 16.5. The molecule has 2 aromatic carbocycles. The molecule has 0 aliphatic heterocycles. The molecule has 0 saturated heterocycles. The Bertz CT molecular complexity index is 912. The Morgan fingerprint density at radius 3 is 2.45 bits per heavy atom. The van der Waals surface area contributed by atoms with Gasteiger partial charge in [0.15, 0.2) is 0 Å². The van der Waals surface area contributed by atoms with Crippen LogP contribution in [0.4, 0.5) is 0 Å². The van der Waals surface area contributed by atoms with Gasteiger partial charge in [-0.3, -0.25) is 4.79 Å². The zero-order chi connectivity index (χ0) is 21.0. The van der Waals surface area contributed by atoms with Crippen molar-refractivity contribution in [3.05, 3.63) is 71.8 Å². The molecule has 4 heteroatoms. The second-order valence-electron chi connectivity index (χ2n) is 8.00. The van der Waals surface area contributed by atoms with E-state index in [1.807, 2.05) is 44.2 Å². The molecule has 29 heavy (non-hydrogen) atoms. The summed E-state index contributed by atoms with van der Waals surface area (Å²) in [6, 6.07) is 16.2. The third-order valence-corrected chi connectivity index (χ3v) is 5.79. The number of ether oxygens (including phenoxy) is 2. The maximum atomic E-state index is 12.7. The lowest BCUT2D eigenvalue weighted by molar-refractivity contribution is -0.147. The van der Waals surface area contributed by atoms with Crippen LogP contribution in [0.5, 0.6) is 0 Å². The molecule has 1 aliphatic rings. The summed E-state index contributed by atoms with van der Waals surface area (Å²) in [6.45, 7) is 8.43. The second-order valence-corrected chi connectivity index (χ2v) is 8.00. The van der Waals surface area contributed by atoms with Crippen molar-refractivity contribution in [1.29, 1.82) is 0 Å². The summed E-state index contributed by atoms with van der Waals surface area (Å²) in [6.07, 6.45) is 3.18. The van der Waals surface area contributed by atoms with Crippen LogP contribution in [0.25, 0.3) is 11.1 Å². The summed E-state index contributed by atoms with van der Waals surface area (Å²) >= 11 is 0. The smallest absolute Gasteiger partial charge is 0.330 e. The van der Waals surface area contributed by atoms with E-state index in [1.165, 1.54) is 6.08 Å². The molecule has 2 aromatic rings. The first-order valence-electron chi connectivity index (χ1n) is 10.0. The Balaban J connectivity index is 1.65. The van der Waals surface area contributed by atoms with Gasteiger partial charge in [-0.1, -0.05) is 68.5 Å². The Morgan fingerprint density at radius 1 is 1.03 bits per heavy atom. The molecule has 0 bridgehead atoms. The van der Waals surface area contributed by atoms with Crippen molar-refractivity contribution in [2.45, 2.75) is 34.3 Å². The highest BCUT2D eigenvalue weighted by Crippen LogP contribution is 2.59. The van der Waals surface area contributed by atoms with Gasteiger partial charge >= 0.3 is 11.9 Å². The van der Waals surface area contributed by atoms with E-state index < -0.39 is 0 Å².